The molecule has 0 heterocycles. The molecule has 9 heteroatoms. The molecule has 3 unspecified atom stereocenters. The smallest absolute Gasteiger partial charge is 0.268 e. The second-order valence-electron chi connectivity index (χ2n) is 20.3. The predicted octanol–water partition coefficient (Wildman–Crippen LogP) is 16.1. The van der Waals surface area contributed by atoms with E-state index in [1.807, 2.05) is 27.2 Å². The molecule has 3 atom stereocenters. The molecule has 0 bridgehead atoms. The third-order valence-corrected chi connectivity index (χ3v) is 13.5. The lowest BCUT2D eigenvalue weighted by molar-refractivity contribution is -0.870. The number of allylic oxidation sites excluding steroid dienone is 7. The van der Waals surface area contributed by atoms with Crippen LogP contribution in [0.4, 0.5) is 0 Å². The molecule has 0 saturated carbocycles. The predicted molar refractivity (Wildman–Crippen MR) is 284 cm³/mol. The highest BCUT2D eigenvalue weighted by Gasteiger charge is 2.23. The van der Waals surface area contributed by atoms with Gasteiger partial charge in [-0.3, -0.25) is 9.36 Å². The lowest BCUT2D eigenvalue weighted by atomic mass is 10.0. The number of carbonyl (C=O) groups is 1. The number of nitrogens with one attached hydrogen (secondary N) is 1. The Morgan fingerprint density at radius 3 is 1.32 bits per heavy atom. The van der Waals surface area contributed by atoms with Crippen LogP contribution in [0.5, 0.6) is 0 Å². The number of rotatable bonds is 51. The highest BCUT2D eigenvalue weighted by molar-refractivity contribution is 7.45. The van der Waals surface area contributed by atoms with E-state index in [4.69, 9.17) is 9.05 Å². The Morgan fingerprint density at radius 1 is 0.530 bits per heavy atom. The number of likely N-dealkylation sites (N-methyl/N-ethyl adjacent to an activating group) is 1. The number of nitrogens with zero attached hydrogens (tertiary/aromatic N) is 1. The third-order valence-electron chi connectivity index (χ3n) is 12.5. The van der Waals surface area contributed by atoms with E-state index in [9.17, 15) is 19.4 Å². The summed E-state index contributed by atoms with van der Waals surface area (Å²) in [5.41, 5.74) is 0. The Kier molecular flexibility index (Phi) is 47.4. The Morgan fingerprint density at radius 2 is 0.894 bits per heavy atom. The summed E-state index contributed by atoms with van der Waals surface area (Å²) in [6.45, 7) is 4.60. The first kappa shape index (κ1) is 64.5. The first-order valence-corrected chi connectivity index (χ1v) is 29.5. The van der Waals surface area contributed by atoms with Crippen LogP contribution < -0.4 is 10.2 Å². The Labute approximate surface area is 409 Å². The molecule has 0 fully saturated rings. The van der Waals surface area contributed by atoms with E-state index in [2.05, 4.69) is 55.6 Å². The number of quaternary nitrogens is 1. The standard InChI is InChI=1S/C57H109N2O6P/c1-6-8-10-12-14-16-18-19-20-21-22-23-24-25-26-27-28-29-30-31-32-33-34-35-36-37-38-39-41-43-45-47-49-51-57(61)58-55(54-65-66(62,63)64-53-52-59(3,4)5)56(60)50-48-46-44-42-40-17-15-13-11-9-7-2/h18-19,21-22,40,42,48,50,55-56,60H,6-17,20,23-39,41,43-47,49,51-54H2,1-5H3,(H-,58,61,62,63)/b19-18-,22-21-,42-40+,50-48+. The number of unbranched alkanes of at least 4 members (excludes halogenated alkanes) is 32. The van der Waals surface area contributed by atoms with E-state index >= 15 is 0 Å². The molecule has 0 aromatic carbocycles. The number of phosphoric acid groups is 1. The van der Waals surface area contributed by atoms with Crippen molar-refractivity contribution >= 4 is 13.7 Å². The zero-order valence-corrected chi connectivity index (χ0v) is 45.0. The van der Waals surface area contributed by atoms with Crippen LogP contribution in [0.2, 0.25) is 0 Å². The summed E-state index contributed by atoms with van der Waals surface area (Å²) in [5, 5.41) is 13.8. The van der Waals surface area contributed by atoms with Gasteiger partial charge < -0.3 is 28.8 Å². The fourth-order valence-electron chi connectivity index (χ4n) is 8.08. The fourth-order valence-corrected chi connectivity index (χ4v) is 8.81. The quantitative estimate of drug-likeness (QED) is 0.0272. The van der Waals surface area contributed by atoms with Crippen molar-refractivity contribution in [1.29, 1.82) is 0 Å². The molecule has 0 aliphatic rings. The van der Waals surface area contributed by atoms with E-state index < -0.39 is 26.6 Å². The van der Waals surface area contributed by atoms with Gasteiger partial charge in [0.05, 0.1) is 39.9 Å². The van der Waals surface area contributed by atoms with E-state index in [1.54, 1.807) is 6.08 Å². The molecule has 0 aliphatic carbocycles. The number of carbonyl (C=O) groups excluding carboxylic acids is 1. The minimum absolute atomic E-state index is 0.00596. The second-order valence-corrected chi connectivity index (χ2v) is 21.7. The molecule has 66 heavy (non-hydrogen) atoms. The van der Waals surface area contributed by atoms with Crippen LogP contribution in [0, 0.1) is 0 Å². The van der Waals surface area contributed by atoms with Gasteiger partial charge in [-0.05, 0) is 64.2 Å². The minimum Gasteiger partial charge on any atom is -0.756 e. The third kappa shape index (κ3) is 50.3. The maximum absolute atomic E-state index is 12.9. The van der Waals surface area contributed by atoms with Crippen molar-refractivity contribution in [3.8, 4) is 0 Å². The second kappa shape index (κ2) is 48.5. The van der Waals surface area contributed by atoms with Gasteiger partial charge in [-0.25, -0.2) is 0 Å². The number of hydrogen-bond acceptors (Lipinski definition) is 6. The fraction of sp³-hybridized carbons (Fsp3) is 0.842. The highest BCUT2D eigenvalue weighted by Crippen LogP contribution is 2.38. The molecular weight excluding hydrogens is 840 g/mol. The first-order valence-electron chi connectivity index (χ1n) is 28.0. The zero-order chi connectivity index (χ0) is 48.5. The van der Waals surface area contributed by atoms with Gasteiger partial charge in [-0.2, -0.15) is 0 Å². The Balaban J connectivity index is 3.97. The molecule has 0 aromatic rings. The molecule has 0 spiro atoms. The lowest BCUT2D eigenvalue weighted by Gasteiger charge is -2.29. The normalized spacial score (nSPS) is 14.3. The van der Waals surface area contributed by atoms with Crippen LogP contribution in [-0.2, 0) is 18.4 Å². The number of hydrogen-bond donors (Lipinski definition) is 2. The van der Waals surface area contributed by atoms with Crippen LogP contribution in [-0.4, -0.2) is 68.5 Å². The average Bonchev–Trinajstić information content (AvgIpc) is 3.28. The van der Waals surface area contributed by atoms with Gasteiger partial charge in [0.25, 0.3) is 7.82 Å². The maximum atomic E-state index is 12.9. The molecule has 0 aromatic heterocycles. The van der Waals surface area contributed by atoms with Gasteiger partial charge in [0.1, 0.15) is 13.2 Å². The summed E-state index contributed by atoms with van der Waals surface area (Å²) in [6.07, 6.45) is 63.5. The molecule has 8 nitrogen and oxygen atoms in total. The molecule has 0 aliphatic heterocycles. The molecule has 0 radical (unpaired) electrons. The number of aliphatic hydroxyl groups is 1. The summed E-state index contributed by atoms with van der Waals surface area (Å²) in [4.78, 5) is 25.4. The number of amides is 1. The molecule has 2 N–H and O–H groups in total. The van der Waals surface area contributed by atoms with Gasteiger partial charge in [-0.1, -0.05) is 236 Å². The van der Waals surface area contributed by atoms with Crippen molar-refractivity contribution in [2.75, 3.05) is 40.9 Å². The first-order chi connectivity index (χ1) is 32.0. The minimum atomic E-state index is -4.60. The van der Waals surface area contributed by atoms with Crippen molar-refractivity contribution in [3.63, 3.8) is 0 Å². The van der Waals surface area contributed by atoms with Crippen molar-refractivity contribution in [2.45, 2.75) is 270 Å². The van der Waals surface area contributed by atoms with Crippen LogP contribution in [0.3, 0.4) is 0 Å². The van der Waals surface area contributed by atoms with Crippen LogP contribution in [0.15, 0.2) is 48.6 Å². The molecule has 1 amide bonds. The SMILES string of the molecule is CCCCCCC/C=C\C/C=C\CCCCCCCCCCCCCCCCCCCCCCCC(=O)NC(COP(=O)([O-])OCC[N+](C)(C)C)C(O)/C=C/CC/C=C/CCCCCCC. The lowest BCUT2D eigenvalue weighted by Crippen LogP contribution is -2.45. The van der Waals surface area contributed by atoms with Crippen molar-refractivity contribution in [3.05, 3.63) is 48.6 Å². The van der Waals surface area contributed by atoms with Crippen molar-refractivity contribution < 1.29 is 32.9 Å². The summed E-state index contributed by atoms with van der Waals surface area (Å²) < 4.78 is 23.2. The molecule has 0 saturated heterocycles. The van der Waals surface area contributed by atoms with Crippen molar-refractivity contribution in [2.24, 2.45) is 0 Å². The van der Waals surface area contributed by atoms with E-state index in [0.29, 0.717) is 17.4 Å². The van der Waals surface area contributed by atoms with Gasteiger partial charge in [0, 0.05) is 6.42 Å². The van der Waals surface area contributed by atoms with E-state index in [1.165, 1.54) is 193 Å². The molecular formula is C57H109N2O6P. The topological polar surface area (TPSA) is 108 Å². The monoisotopic (exact) mass is 949 g/mol. The van der Waals surface area contributed by atoms with Gasteiger partial charge in [0.2, 0.25) is 5.91 Å². The number of phosphoric ester groups is 1. The van der Waals surface area contributed by atoms with Crippen molar-refractivity contribution in [1.82, 2.24) is 5.32 Å². The average molecular weight is 949 g/mol. The van der Waals surface area contributed by atoms with Crippen LogP contribution in [0.1, 0.15) is 258 Å². The summed E-state index contributed by atoms with van der Waals surface area (Å²) in [5.74, 6) is -0.206. The van der Waals surface area contributed by atoms with Gasteiger partial charge in [-0.15, -0.1) is 0 Å². The summed E-state index contributed by atoms with van der Waals surface area (Å²) >= 11 is 0. The summed E-state index contributed by atoms with van der Waals surface area (Å²) in [7, 11) is 1.25. The zero-order valence-electron chi connectivity index (χ0n) is 44.1. The maximum Gasteiger partial charge on any atom is 0.268 e. The summed E-state index contributed by atoms with van der Waals surface area (Å²) in [6, 6.07) is -0.901. The molecule has 388 valence electrons. The van der Waals surface area contributed by atoms with E-state index in [0.717, 1.165) is 44.9 Å². The van der Waals surface area contributed by atoms with Crippen LogP contribution in [0.25, 0.3) is 0 Å². The largest absolute Gasteiger partial charge is 0.756 e. The number of aliphatic hydroxyl groups excluding tert-OH is 1. The highest BCUT2D eigenvalue weighted by atomic mass is 31.2. The van der Waals surface area contributed by atoms with E-state index in [-0.39, 0.29) is 12.5 Å². The van der Waals surface area contributed by atoms with Crippen LogP contribution >= 0.6 is 7.82 Å². The Bertz CT molecular complexity index is 1210. The van der Waals surface area contributed by atoms with Gasteiger partial charge in [0.15, 0.2) is 0 Å². The Hall–Kier alpha value is -1.54. The van der Waals surface area contributed by atoms with Gasteiger partial charge >= 0.3 is 0 Å². The molecule has 0 rings (SSSR count).